The molecule has 116 valence electrons. The molecule has 1 N–H and O–H groups in total. The number of aryl methyl sites for hydroxylation is 1. The van der Waals surface area contributed by atoms with E-state index in [0.717, 1.165) is 11.1 Å². The van der Waals surface area contributed by atoms with Crippen LogP contribution >= 0.6 is 11.6 Å². The zero-order chi connectivity index (χ0) is 16.2. The van der Waals surface area contributed by atoms with Gasteiger partial charge in [0.25, 0.3) is 0 Å². The van der Waals surface area contributed by atoms with Crippen molar-refractivity contribution in [3.8, 4) is 0 Å². The van der Waals surface area contributed by atoms with E-state index in [2.05, 4.69) is 11.3 Å². The lowest BCUT2D eigenvalue weighted by Crippen LogP contribution is -2.28. The number of nitrogens with one attached hydrogen (secondary N) is 1. The van der Waals surface area contributed by atoms with Crippen LogP contribution in [0, 0.1) is 6.92 Å². The normalized spacial score (nSPS) is 12.8. The molecule has 1 atom stereocenters. The number of rotatable bonds is 6. The van der Waals surface area contributed by atoms with E-state index in [4.69, 9.17) is 11.6 Å². The number of hydrogen-bond acceptors (Lipinski definition) is 2. The fourth-order valence-corrected chi connectivity index (χ4v) is 3.49. The predicted octanol–water partition coefficient (Wildman–Crippen LogP) is 4.16. The highest BCUT2D eigenvalue weighted by atomic mass is 35.5. The molecule has 2 rings (SSSR count). The topological polar surface area (TPSA) is 46.2 Å². The lowest BCUT2D eigenvalue weighted by Gasteiger charge is -2.19. The van der Waals surface area contributed by atoms with Crippen molar-refractivity contribution >= 4 is 21.6 Å². The summed E-state index contributed by atoms with van der Waals surface area (Å²) in [7, 11) is -3.62. The first-order chi connectivity index (χ1) is 10.4. The van der Waals surface area contributed by atoms with Gasteiger partial charge in [-0.15, -0.1) is 0 Å². The molecule has 0 amide bonds. The van der Waals surface area contributed by atoms with E-state index < -0.39 is 16.1 Å². The quantitative estimate of drug-likeness (QED) is 0.861. The first kappa shape index (κ1) is 16.7. The summed E-state index contributed by atoms with van der Waals surface area (Å²) in [4.78, 5) is 0.235. The molecule has 0 aliphatic carbocycles. The smallest absolute Gasteiger partial charge is 0.207 e. The Morgan fingerprint density at radius 3 is 2.27 bits per heavy atom. The van der Waals surface area contributed by atoms with E-state index in [1.54, 1.807) is 24.3 Å². The SMILES string of the molecule is C=C(Cl)CC(NS(=O)(=O)c1ccc(C)cc1)c1ccccc1. The zero-order valence-corrected chi connectivity index (χ0v) is 13.9. The third kappa shape index (κ3) is 4.44. The van der Waals surface area contributed by atoms with Crippen molar-refractivity contribution in [2.24, 2.45) is 0 Å². The number of sulfonamides is 1. The molecular formula is C17H18ClNO2S. The van der Waals surface area contributed by atoms with Crippen molar-refractivity contribution in [2.45, 2.75) is 24.3 Å². The summed E-state index contributed by atoms with van der Waals surface area (Å²) in [5.74, 6) is 0. The minimum absolute atomic E-state index is 0.235. The molecule has 0 saturated heterocycles. The Labute approximate surface area is 136 Å². The van der Waals surface area contributed by atoms with Crippen molar-refractivity contribution in [1.82, 2.24) is 4.72 Å². The molecule has 0 aromatic heterocycles. The first-order valence-corrected chi connectivity index (χ1v) is 8.72. The van der Waals surface area contributed by atoms with Gasteiger partial charge in [0.15, 0.2) is 0 Å². The van der Waals surface area contributed by atoms with Crippen LogP contribution in [-0.4, -0.2) is 8.42 Å². The Hall–Kier alpha value is -1.62. The summed E-state index contributed by atoms with van der Waals surface area (Å²) in [6.45, 7) is 5.58. The largest absolute Gasteiger partial charge is 0.241 e. The second-order valence-corrected chi connectivity index (χ2v) is 7.37. The molecule has 2 aromatic rings. The van der Waals surface area contributed by atoms with Crippen molar-refractivity contribution in [3.05, 3.63) is 77.3 Å². The molecule has 0 bridgehead atoms. The molecule has 0 saturated carbocycles. The molecule has 0 heterocycles. The van der Waals surface area contributed by atoms with Crippen LogP contribution < -0.4 is 4.72 Å². The van der Waals surface area contributed by atoms with Crippen LogP contribution in [0.4, 0.5) is 0 Å². The molecule has 0 aliphatic rings. The van der Waals surface area contributed by atoms with Gasteiger partial charge in [0.2, 0.25) is 10.0 Å². The lowest BCUT2D eigenvalue weighted by molar-refractivity contribution is 0.556. The van der Waals surface area contributed by atoms with Gasteiger partial charge in [-0.3, -0.25) is 0 Å². The van der Waals surface area contributed by atoms with Crippen LogP contribution in [0.15, 0.2) is 71.1 Å². The van der Waals surface area contributed by atoms with Crippen LogP contribution in [0.25, 0.3) is 0 Å². The summed E-state index contributed by atoms with van der Waals surface area (Å²) < 4.78 is 27.8. The average Bonchev–Trinajstić information content (AvgIpc) is 2.47. The van der Waals surface area contributed by atoms with Gasteiger partial charge >= 0.3 is 0 Å². The number of halogens is 1. The summed E-state index contributed by atoms with van der Waals surface area (Å²) in [6, 6.07) is 15.6. The van der Waals surface area contributed by atoms with Crippen molar-refractivity contribution in [2.75, 3.05) is 0 Å². The Morgan fingerprint density at radius 2 is 1.73 bits per heavy atom. The summed E-state index contributed by atoms with van der Waals surface area (Å²) in [6.07, 6.45) is 0.330. The van der Waals surface area contributed by atoms with Crippen LogP contribution in [0.3, 0.4) is 0 Å². The molecule has 0 aliphatic heterocycles. The molecule has 0 fully saturated rings. The van der Waals surface area contributed by atoms with E-state index in [1.807, 2.05) is 37.3 Å². The first-order valence-electron chi connectivity index (χ1n) is 6.86. The van der Waals surface area contributed by atoms with E-state index in [1.165, 1.54) is 0 Å². The van der Waals surface area contributed by atoms with E-state index in [-0.39, 0.29) is 4.90 Å². The van der Waals surface area contributed by atoms with Gasteiger partial charge in [0.1, 0.15) is 0 Å². The van der Waals surface area contributed by atoms with Gasteiger partial charge in [-0.2, -0.15) is 0 Å². The molecule has 0 spiro atoms. The second-order valence-electron chi connectivity index (χ2n) is 5.12. The summed E-state index contributed by atoms with van der Waals surface area (Å²) in [5.41, 5.74) is 1.85. The highest BCUT2D eigenvalue weighted by Crippen LogP contribution is 2.24. The van der Waals surface area contributed by atoms with Gasteiger partial charge in [0.05, 0.1) is 10.9 Å². The van der Waals surface area contributed by atoms with E-state index >= 15 is 0 Å². The minimum atomic E-state index is -3.62. The summed E-state index contributed by atoms with van der Waals surface area (Å²) in [5, 5.41) is 0.403. The highest BCUT2D eigenvalue weighted by Gasteiger charge is 2.21. The Kier molecular flexibility index (Phi) is 5.40. The van der Waals surface area contributed by atoms with Crippen LogP contribution in [0.1, 0.15) is 23.6 Å². The van der Waals surface area contributed by atoms with E-state index in [0.29, 0.717) is 11.5 Å². The Bertz CT molecular complexity index is 740. The Balaban J connectivity index is 2.30. The van der Waals surface area contributed by atoms with Gasteiger partial charge in [-0.05, 0) is 24.6 Å². The third-order valence-electron chi connectivity index (χ3n) is 3.26. The van der Waals surface area contributed by atoms with Crippen LogP contribution in [0.5, 0.6) is 0 Å². The Morgan fingerprint density at radius 1 is 1.14 bits per heavy atom. The van der Waals surface area contributed by atoms with Crippen molar-refractivity contribution in [1.29, 1.82) is 0 Å². The van der Waals surface area contributed by atoms with Crippen LogP contribution in [-0.2, 0) is 10.0 Å². The summed E-state index contributed by atoms with van der Waals surface area (Å²) >= 11 is 5.89. The maximum atomic E-state index is 12.5. The van der Waals surface area contributed by atoms with Crippen LogP contribution in [0.2, 0.25) is 0 Å². The number of hydrogen-bond donors (Lipinski definition) is 1. The molecule has 1 unspecified atom stereocenters. The van der Waals surface area contributed by atoms with Gasteiger partial charge in [-0.1, -0.05) is 66.2 Å². The van der Waals surface area contributed by atoms with E-state index in [9.17, 15) is 8.42 Å². The fraction of sp³-hybridized carbons (Fsp3) is 0.176. The molecule has 0 radical (unpaired) electrons. The fourth-order valence-electron chi connectivity index (χ4n) is 2.11. The molecule has 5 heteroatoms. The monoisotopic (exact) mass is 335 g/mol. The minimum Gasteiger partial charge on any atom is -0.207 e. The molecule has 3 nitrogen and oxygen atoms in total. The predicted molar refractivity (Wildman–Crippen MR) is 90.3 cm³/mol. The van der Waals surface area contributed by atoms with Gasteiger partial charge in [-0.25, -0.2) is 13.1 Å². The zero-order valence-electron chi connectivity index (χ0n) is 12.3. The van der Waals surface area contributed by atoms with Gasteiger partial charge in [0, 0.05) is 11.5 Å². The average molecular weight is 336 g/mol. The molecule has 22 heavy (non-hydrogen) atoms. The second kappa shape index (κ2) is 7.09. The van der Waals surface area contributed by atoms with Crippen molar-refractivity contribution < 1.29 is 8.42 Å². The highest BCUT2D eigenvalue weighted by molar-refractivity contribution is 7.89. The molecular weight excluding hydrogens is 318 g/mol. The number of benzene rings is 2. The maximum Gasteiger partial charge on any atom is 0.241 e. The standard InChI is InChI=1S/C17H18ClNO2S/c1-13-8-10-16(11-9-13)22(20,21)19-17(12-14(2)18)15-6-4-3-5-7-15/h3-11,17,19H,2,12H2,1H3. The third-order valence-corrected chi connectivity index (χ3v) is 4.90. The molecule has 2 aromatic carbocycles. The lowest BCUT2D eigenvalue weighted by atomic mass is 10.1. The van der Waals surface area contributed by atoms with Crippen molar-refractivity contribution in [3.63, 3.8) is 0 Å². The van der Waals surface area contributed by atoms with Gasteiger partial charge < -0.3 is 0 Å². The maximum absolute atomic E-state index is 12.5.